The number of nitrogens with one attached hydrogen (secondary N) is 2. The Kier molecular flexibility index (Phi) is 5.18. The molecule has 0 saturated heterocycles. The SMILES string of the molecule is O=C(CSc1nnnn1-c1ccc(Cl)cc1)NC(=O)NC12CC3CC(CC(C3)C1)C2. The van der Waals surface area contributed by atoms with Crippen LogP contribution in [0, 0.1) is 17.8 Å². The van der Waals surface area contributed by atoms with E-state index in [2.05, 4.69) is 26.2 Å². The van der Waals surface area contributed by atoms with Crippen LogP contribution in [0.2, 0.25) is 5.02 Å². The summed E-state index contributed by atoms with van der Waals surface area (Å²) in [7, 11) is 0. The zero-order chi connectivity index (χ0) is 20.7. The van der Waals surface area contributed by atoms with E-state index in [-0.39, 0.29) is 23.2 Å². The molecule has 10 heteroatoms. The smallest absolute Gasteiger partial charge is 0.321 e. The molecule has 1 aromatic heterocycles. The van der Waals surface area contributed by atoms with Gasteiger partial charge in [-0.2, -0.15) is 4.68 Å². The van der Waals surface area contributed by atoms with Gasteiger partial charge in [0.15, 0.2) is 0 Å². The lowest BCUT2D eigenvalue weighted by molar-refractivity contribution is -0.117. The number of carbonyl (C=O) groups is 2. The van der Waals surface area contributed by atoms with E-state index >= 15 is 0 Å². The Bertz CT molecular complexity index is 927. The van der Waals surface area contributed by atoms with Crippen LogP contribution in [-0.4, -0.2) is 43.4 Å². The Morgan fingerprint density at radius 3 is 2.37 bits per heavy atom. The molecule has 158 valence electrons. The van der Waals surface area contributed by atoms with Crippen molar-refractivity contribution in [2.24, 2.45) is 17.8 Å². The number of halogens is 1. The van der Waals surface area contributed by atoms with Crippen LogP contribution >= 0.6 is 23.4 Å². The van der Waals surface area contributed by atoms with Gasteiger partial charge in [-0.15, -0.1) is 5.10 Å². The first-order valence-electron chi connectivity index (χ1n) is 10.3. The third-order valence-corrected chi connectivity index (χ3v) is 7.69. The fourth-order valence-electron chi connectivity index (χ4n) is 5.84. The van der Waals surface area contributed by atoms with E-state index in [4.69, 9.17) is 11.6 Å². The van der Waals surface area contributed by atoms with Crippen molar-refractivity contribution in [1.29, 1.82) is 0 Å². The van der Waals surface area contributed by atoms with Crippen molar-refractivity contribution in [3.63, 3.8) is 0 Å². The second-order valence-electron chi connectivity index (χ2n) is 8.84. The van der Waals surface area contributed by atoms with Crippen LogP contribution < -0.4 is 10.6 Å². The number of urea groups is 1. The summed E-state index contributed by atoms with van der Waals surface area (Å²) < 4.78 is 1.53. The van der Waals surface area contributed by atoms with Gasteiger partial charge in [0, 0.05) is 10.6 Å². The van der Waals surface area contributed by atoms with Crippen molar-refractivity contribution >= 4 is 35.3 Å². The molecule has 1 aromatic carbocycles. The van der Waals surface area contributed by atoms with Gasteiger partial charge in [0.1, 0.15) is 0 Å². The number of rotatable bonds is 5. The van der Waals surface area contributed by atoms with Crippen molar-refractivity contribution in [2.45, 2.75) is 49.2 Å². The molecule has 0 aliphatic heterocycles. The number of aromatic nitrogens is 4. The molecule has 0 atom stereocenters. The first kappa shape index (κ1) is 19.8. The van der Waals surface area contributed by atoms with E-state index in [9.17, 15) is 9.59 Å². The minimum atomic E-state index is -0.389. The second kappa shape index (κ2) is 7.85. The van der Waals surface area contributed by atoms with Crippen LogP contribution in [0.4, 0.5) is 4.79 Å². The molecule has 2 aromatic rings. The van der Waals surface area contributed by atoms with Gasteiger partial charge >= 0.3 is 6.03 Å². The van der Waals surface area contributed by atoms with Crippen molar-refractivity contribution in [3.8, 4) is 5.69 Å². The summed E-state index contributed by atoms with van der Waals surface area (Å²) in [5.74, 6) is 1.87. The molecule has 30 heavy (non-hydrogen) atoms. The zero-order valence-corrected chi connectivity index (χ0v) is 18.0. The van der Waals surface area contributed by atoms with E-state index in [1.54, 1.807) is 24.3 Å². The fraction of sp³-hybridized carbons (Fsp3) is 0.550. The molecule has 4 aliphatic carbocycles. The Hall–Kier alpha value is -2.13. The molecule has 0 unspecified atom stereocenters. The van der Waals surface area contributed by atoms with Crippen molar-refractivity contribution in [2.75, 3.05) is 5.75 Å². The molecule has 4 bridgehead atoms. The van der Waals surface area contributed by atoms with Crippen molar-refractivity contribution in [3.05, 3.63) is 29.3 Å². The van der Waals surface area contributed by atoms with E-state index in [1.165, 1.54) is 35.7 Å². The average Bonchev–Trinajstić information content (AvgIpc) is 3.14. The molecule has 1 heterocycles. The molecule has 0 spiro atoms. The lowest BCUT2D eigenvalue weighted by Crippen LogP contribution is -2.61. The van der Waals surface area contributed by atoms with Crippen LogP contribution in [0.3, 0.4) is 0 Å². The molecule has 2 N–H and O–H groups in total. The maximum atomic E-state index is 12.5. The zero-order valence-electron chi connectivity index (χ0n) is 16.4. The van der Waals surface area contributed by atoms with Crippen molar-refractivity contribution < 1.29 is 9.59 Å². The third-order valence-electron chi connectivity index (χ3n) is 6.51. The van der Waals surface area contributed by atoms with Crippen LogP contribution in [0.1, 0.15) is 38.5 Å². The summed E-state index contributed by atoms with van der Waals surface area (Å²) in [6.45, 7) is 0. The predicted molar refractivity (Wildman–Crippen MR) is 112 cm³/mol. The monoisotopic (exact) mass is 446 g/mol. The number of amides is 3. The van der Waals surface area contributed by atoms with Gasteiger partial charge in [0.2, 0.25) is 11.1 Å². The number of benzene rings is 1. The maximum absolute atomic E-state index is 12.5. The molecule has 6 rings (SSSR count). The van der Waals surface area contributed by atoms with E-state index in [0.717, 1.165) is 42.7 Å². The van der Waals surface area contributed by atoms with E-state index < -0.39 is 0 Å². The second-order valence-corrected chi connectivity index (χ2v) is 10.2. The van der Waals surface area contributed by atoms with Gasteiger partial charge in [-0.25, -0.2) is 4.79 Å². The van der Waals surface area contributed by atoms with Crippen molar-refractivity contribution in [1.82, 2.24) is 30.8 Å². The first-order chi connectivity index (χ1) is 14.5. The van der Waals surface area contributed by atoms with Gasteiger partial charge in [-0.3, -0.25) is 10.1 Å². The lowest BCUT2D eigenvalue weighted by Gasteiger charge is -2.56. The Morgan fingerprint density at radius 2 is 1.73 bits per heavy atom. The summed E-state index contributed by atoms with van der Waals surface area (Å²) in [5.41, 5.74) is 0.622. The molecule has 4 saturated carbocycles. The number of hydrogen-bond donors (Lipinski definition) is 2. The molecule has 8 nitrogen and oxygen atoms in total. The predicted octanol–water partition coefficient (Wildman–Crippen LogP) is 3.20. The van der Waals surface area contributed by atoms with Gasteiger partial charge in [-0.1, -0.05) is 23.4 Å². The average molecular weight is 447 g/mol. The lowest BCUT2D eigenvalue weighted by atomic mass is 9.53. The summed E-state index contributed by atoms with van der Waals surface area (Å²) in [4.78, 5) is 24.8. The van der Waals surface area contributed by atoms with Crippen LogP contribution in [0.25, 0.3) is 5.69 Å². The standard InChI is InChI=1S/C20H23ClN6O2S/c21-15-1-3-16(4-2-15)27-19(24-25-26-27)30-11-17(28)22-18(29)23-20-8-12-5-13(9-20)7-14(6-12)10-20/h1-4,12-14H,5-11H2,(H2,22,23,28,29). The maximum Gasteiger partial charge on any atom is 0.321 e. The normalized spacial score (nSPS) is 29.0. The molecule has 0 radical (unpaired) electrons. The third kappa shape index (κ3) is 4.05. The number of imide groups is 1. The Morgan fingerprint density at radius 1 is 1.10 bits per heavy atom. The highest BCUT2D eigenvalue weighted by molar-refractivity contribution is 7.99. The largest absolute Gasteiger partial charge is 0.332 e. The number of tetrazole rings is 1. The summed E-state index contributed by atoms with van der Waals surface area (Å²) in [6, 6.07) is 6.69. The summed E-state index contributed by atoms with van der Waals surface area (Å²) >= 11 is 7.09. The van der Waals surface area contributed by atoms with Gasteiger partial charge in [-0.05, 0) is 91.0 Å². The van der Waals surface area contributed by atoms with Crippen LogP contribution in [0.15, 0.2) is 29.4 Å². The highest BCUT2D eigenvalue weighted by Gasteiger charge is 2.51. The molecule has 4 fully saturated rings. The number of thioether (sulfide) groups is 1. The number of hydrogen-bond acceptors (Lipinski definition) is 6. The Balaban J connectivity index is 1.15. The summed E-state index contributed by atoms with van der Waals surface area (Å²) in [6.07, 6.45) is 7.06. The number of nitrogens with zero attached hydrogens (tertiary/aromatic N) is 4. The van der Waals surface area contributed by atoms with Crippen LogP contribution in [0.5, 0.6) is 0 Å². The topological polar surface area (TPSA) is 102 Å². The number of carbonyl (C=O) groups excluding carboxylic acids is 2. The fourth-order valence-corrected chi connectivity index (χ4v) is 6.66. The Labute approximate surface area is 183 Å². The van der Waals surface area contributed by atoms with E-state index in [1.807, 2.05) is 0 Å². The highest BCUT2D eigenvalue weighted by atomic mass is 35.5. The molecule has 3 amide bonds. The highest BCUT2D eigenvalue weighted by Crippen LogP contribution is 2.55. The minimum absolute atomic E-state index is 0.0439. The quantitative estimate of drug-likeness (QED) is 0.684. The van der Waals surface area contributed by atoms with Gasteiger partial charge < -0.3 is 5.32 Å². The molecular formula is C20H23ClN6O2S. The van der Waals surface area contributed by atoms with Gasteiger partial charge in [0.05, 0.1) is 11.4 Å². The minimum Gasteiger partial charge on any atom is -0.332 e. The van der Waals surface area contributed by atoms with Gasteiger partial charge in [0.25, 0.3) is 0 Å². The first-order valence-corrected chi connectivity index (χ1v) is 11.6. The molecule has 4 aliphatic rings. The molecular weight excluding hydrogens is 424 g/mol. The van der Waals surface area contributed by atoms with E-state index in [0.29, 0.717) is 10.2 Å². The van der Waals surface area contributed by atoms with Crippen LogP contribution in [-0.2, 0) is 4.79 Å². The summed E-state index contributed by atoms with van der Waals surface area (Å²) in [5, 5.41) is 18.3.